The Labute approximate surface area is 314 Å². The number of furan rings is 1. The Balaban J connectivity index is 1.00. The van der Waals surface area contributed by atoms with Crippen LogP contribution in [0.4, 0.5) is 17.1 Å². The smallest absolute Gasteiger partial charge is 0.228 e. The highest BCUT2D eigenvalue weighted by Gasteiger charge is 2.20. The van der Waals surface area contributed by atoms with Gasteiger partial charge in [-0.25, -0.2) is 4.98 Å². The normalized spacial score (nSPS) is 11.7. The number of hydrogen-bond acceptors (Lipinski definition) is 5. The minimum absolute atomic E-state index is 0.577. The molecule has 0 bridgehead atoms. The Kier molecular flexibility index (Phi) is 7.00. The van der Waals surface area contributed by atoms with Gasteiger partial charge in [0, 0.05) is 59.1 Å². The van der Waals surface area contributed by atoms with E-state index < -0.39 is 0 Å². The third-order valence-electron chi connectivity index (χ3n) is 10.3. The number of oxazole rings is 1. The van der Waals surface area contributed by atoms with Gasteiger partial charge >= 0.3 is 0 Å². The lowest BCUT2D eigenvalue weighted by Crippen LogP contribution is -2.09. The summed E-state index contributed by atoms with van der Waals surface area (Å²) < 4.78 is 15.4. The zero-order valence-electron chi connectivity index (χ0n) is 28.9. The van der Waals surface area contributed by atoms with Crippen molar-refractivity contribution >= 4 is 81.6 Å². The van der Waals surface area contributed by atoms with Crippen LogP contribution in [0.5, 0.6) is 0 Å². The molecule has 54 heavy (non-hydrogen) atoms. The number of para-hydroxylation sites is 2. The molecule has 0 unspecified atom stereocenters. The monoisotopic (exact) mass is 710 g/mol. The molecule has 5 heteroatoms. The highest BCUT2D eigenvalue weighted by Crippen LogP contribution is 2.43. The summed E-state index contributed by atoms with van der Waals surface area (Å²) in [4.78, 5) is 7.32. The number of nitrogens with zero attached hydrogens (tertiary/aromatic N) is 2. The largest absolute Gasteiger partial charge is 0.456 e. The molecular formula is C49H30N2O2S. The summed E-state index contributed by atoms with van der Waals surface area (Å²) in [7, 11) is 0. The SMILES string of the molecule is c1ccc(-c2ccc(N(c3ccc(-c4cccc5nc(-c6cccc7oc8ccccc8c67)oc45)cc3)c3ccc4c(c3)sc3ccccc34)cc2)cc1. The van der Waals surface area contributed by atoms with Gasteiger partial charge in [-0.15, -0.1) is 11.3 Å². The fourth-order valence-electron chi connectivity index (χ4n) is 7.77. The van der Waals surface area contributed by atoms with Crippen molar-refractivity contribution in [3.63, 3.8) is 0 Å². The predicted octanol–water partition coefficient (Wildman–Crippen LogP) is 14.6. The molecule has 8 aromatic carbocycles. The van der Waals surface area contributed by atoms with Gasteiger partial charge in [0.25, 0.3) is 0 Å². The second-order valence-electron chi connectivity index (χ2n) is 13.5. The topological polar surface area (TPSA) is 42.4 Å². The molecule has 0 aliphatic rings. The summed E-state index contributed by atoms with van der Waals surface area (Å²) in [6.45, 7) is 0. The molecule has 11 rings (SSSR count). The quantitative estimate of drug-likeness (QED) is 0.172. The first-order chi connectivity index (χ1) is 26.7. The van der Waals surface area contributed by atoms with Crippen LogP contribution in [0.15, 0.2) is 191 Å². The molecule has 0 atom stereocenters. The van der Waals surface area contributed by atoms with Crippen molar-refractivity contribution in [2.75, 3.05) is 4.90 Å². The average molecular weight is 711 g/mol. The lowest BCUT2D eigenvalue weighted by molar-refractivity contribution is 0.621. The van der Waals surface area contributed by atoms with Crippen molar-refractivity contribution in [1.29, 1.82) is 0 Å². The lowest BCUT2D eigenvalue weighted by atomic mass is 10.0. The molecule has 0 N–H and O–H groups in total. The van der Waals surface area contributed by atoms with Crippen LogP contribution in [0.3, 0.4) is 0 Å². The number of aromatic nitrogens is 1. The van der Waals surface area contributed by atoms with E-state index in [1.165, 1.54) is 31.3 Å². The van der Waals surface area contributed by atoms with Gasteiger partial charge in [-0.05, 0) is 83.4 Å². The van der Waals surface area contributed by atoms with Crippen molar-refractivity contribution in [3.05, 3.63) is 182 Å². The second-order valence-corrected chi connectivity index (χ2v) is 14.6. The molecule has 0 saturated heterocycles. The highest BCUT2D eigenvalue weighted by atomic mass is 32.1. The summed E-state index contributed by atoms with van der Waals surface area (Å²) in [5.74, 6) is 0.577. The van der Waals surface area contributed by atoms with Crippen LogP contribution in [0.2, 0.25) is 0 Å². The lowest BCUT2D eigenvalue weighted by Gasteiger charge is -2.26. The van der Waals surface area contributed by atoms with Crippen LogP contribution in [-0.4, -0.2) is 4.98 Å². The van der Waals surface area contributed by atoms with Crippen molar-refractivity contribution in [3.8, 4) is 33.7 Å². The van der Waals surface area contributed by atoms with E-state index in [2.05, 4.69) is 144 Å². The molecule has 0 aliphatic carbocycles. The molecule has 0 aliphatic heterocycles. The molecule has 254 valence electrons. The molecule has 11 aromatic rings. The zero-order chi connectivity index (χ0) is 35.6. The van der Waals surface area contributed by atoms with Crippen molar-refractivity contribution in [1.82, 2.24) is 4.98 Å². The van der Waals surface area contributed by atoms with Gasteiger partial charge in [0.1, 0.15) is 16.7 Å². The summed E-state index contributed by atoms with van der Waals surface area (Å²) in [5.41, 5.74) is 11.8. The molecule has 0 spiro atoms. The predicted molar refractivity (Wildman–Crippen MR) is 225 cm³/mol. The van der Waals surface area contributed by atoms with Crippen LogP contribution in [0.1, 0.15) is 0 Å². The number of rotatable bonds is 6. The van der Waals surface area contributed by atoms with E-state index in [1.54, 1.807) is 0 Å². The molecule has 0 amide bonds. The van der Waals surface area contributed by atoms with Crippen LogP contribution >= 0.6 is 11.3 Å². The van der Waals surface area contributed by atoms with E-state index in [-0.39, 0.29) is 0 Å². The maximum absolute atomic E-state index is 6.63. The van der Waals surface area contributed by atoms with Gasteiger partial charge in [0.05, 0.1) is 0 Å². The molecule has 0 fully saturated rings. The van der Waals surface area contributed by atoms with Crippen molar-refractivity contribution in [2.45, 2.75) is 0 Å². The van der Waals surface area contributed by atoms with Gasteiger partial charge in [0.15, 0.2) is 5.58 Å². The molecule has 3 heterocycles. The van der Waals surface area contributed by atoms with Crippen LogP contribution in [-0.2, 0) is 0 Å². The number of anilines is 3. The standard InChI is InChI=1S/C49H30N2O2S/c1-2-10-31(11-3-1)32-20-24-34(25-21-32)51(36-28-29-39-38-12-5-7-19-45(38)54-46(39)30-36)35-26-22-33(23-27-35)37-14-8-16-42-48(37)53-49(50-42)41-15-9-18-44-47(41)40-13-4-6-17-43(40)52-44/h1-30H. The zero-order valence-corrected chi connectivity index (χ0v) is 29.8. The Bertz CT molecular complexity index is 3160. The summed E-state index contributed by atoms with van der Waals surface area (Å²) in [6.07, 6.45) is 0. The maximum atomic E-state index is 6.63. The van der Waals surface area contributed by atoms with Gasteiger partial charge < -0.3 is 13.7 Å². The van der Waals surface area contributed by atoms with Crippen molar-refractivity contribution in [2.24, 2.45) is 0 Å². The first-order valence-electron chi connectivity index (χ1n) is 18.0. The Morgan fingerprint density at radius 2 is 1.06 bits per heavy atom. The van der Waals surface area contributed by atoms with E-state index in [1.807, 2.05) is 53.8 Å². The van der Waals surface area contributed by atoms with Crippen LogP contribution < -0.4 is 4.90 Å². The molecule has 4 nitrogen and oxygen atoms in total. The van der Waals surface area contributed by atoms with E-state index in [4.69, 9.17) is 13.8 Å². The molecule has 0 saturated carbocycles. The minimum Gasteiger partial charge on any atom is -0.456 e. The fourth-order valence-corrected chi connectivity index (χ4v) is 8.91. The maximum Gasteiger partial charge on any atom is 0.228 e. The van der Waals surface area contributed by atoms with Gasteiger partial charge in [-0.3, -0.25) is 0 Å². The van der Waals surface area contributed by atoms with Gasteiger partial charge in [-0.1, -0.05) is 115 Å². The van der Waals surface area contributed by atoms with Gasteiger partial charge in [0.2, 0.25) is 5.89 Å². The Morgan fingerprint density at radius 1 is 0.426 bits per heavy atom. The van der Waals surface area contributed by atoms with E-state index in [9.17, 15) is 0 Å². The van der Waals surface area contributed by atoms with E-state index in [0.29, 0.717) is 5.89 Å². The summed E-state index contributed by atoms with van der Waals surface area (Å²) in [6, 6.07) is 63.9. The Hall–Kier alpha value is -6.95. The summed E-state index contributed by atoms with van der Waals surface area (Å²) in [5, 5.41) is 4.64. The molecule has 3 aromatic heterocycles. The third kappa shape index (κ3) is 5.01. The first-order valence-corrected chi connectivity index (χ1v) is 18.8. The number of hydrogen-bond donors (Lipinski definition) is 0. The number of thiophene rings is 1. The number of fused-ring (bicyclic) bond motifs is 7. The van der Waals surface area contributed by atoms with Crippen LogP contribution in [0.25, 0.3) is 86.9 Å². The number of benzene rings is 8. The van der Waals surface area contributed by atoms with E-state index >= 15 is 0 Å². The third-order valence-corrected chi connectivity index (χ3v) is 11.5. The van der Waals surface area contributed by atoms with Crippen molar-refractivity contribution < 1.29 is 8.83 Å². The molecule has 0 radical (unpaired) electrons. The first kappa shape index (κ1) is 30.7. The Morgan fingerprint density at radius 3 is 1.89 bits per heavy atom. The fraction of sp³-hybridized carbons (Fsp3) is 0. The second kappa shape index (κ2) is 12.3. The van der Waals surface area contributed by atoms with Gasteiger partial charge in [-0.2, -0.15) is 0 Å². The minimum atomic E-state index is 0.577. The average Bonchev–Trinajstić information content (AvgIpc) is 3.95. The summed E-state index contributed by atoms with van der Waals surface area (Å²) >= 11 is 1.84. The van der Waals surface area contributed by atoms with E-state index in [0.717, 1.165) is 66.8 Å². The molecular weight excluding hydrogens is 681 g/mol. The highest BCUT2D eigenvalue weighted by molar-refractivity contribution is 7.25. The van der Waals surface area contributed by atoms with Crippen LogP contribution in [0, 0.1) is 0 Å².